The number of piperazine rings is 1. The van der Waals surface area contributed by atoms with Gasteiger partial charge in [0.1, 0.15) is 5.82 Å². The van der Waals surface area contributed by atoms with Gasteiger partial charge < -0.3 is 4.90 Å². The van der Waals surface area contributed by atoms with Gasteiger partial charge in [0.2, 0.25) is 5.91 Å². The van der Waals surface area contributed by atoms with E-state index < -0.39 is 0 Å². The van der Waals surface area contributed by atoms with Gasteiger partial charge in [0.05, 0.1) is 5.92 Å². The Bertz CT molecular complexity index is 898. The Morgan fingerprint density at radius 3 is 1.93 bits per heavy atom. The van der Waals surface area contributed by atoms with Crippen molar-refractivity contribution < 1.29 is 9.18 Å². The smallest absolute Gasteiger partial charge is 0.234 e. The summed E-state index contributed by atoms with van der Waals surface area (Å²) in [4.78, 5) is 17.7. The Balaban J connectivity index is 1.45. The fourth-order valence-corrected chi connectivity index (χ4v) is 3.97. The van der Waals surface area contributed by atoms with Gasteiger partial charge in [-0.3, -0.25) is 9.69 Å². The van der Waals surface area contributed by atoms with Gasteiger partial charge in [-0.05, 0) is 28.8 Å². The lowest BCUT2D eigenvalue weighted by Crippen LogP contribution is -2.49. The molecular formula is C25H25FN2O. The third-order valence-electron chi connectivity index (χ3n) is 5.49. The minimum Gasteiger partial charge on any atom is -0.339 e. The van der Waals surface area contributed by atoms with Crippen molar-refractivity contribution in [3.8, 4) is 0 Å². The first-order chi connectivity index (χ1) is 14.2. The van der Waals surface area contributed by atoms with E-state index in [1.165, 1.54) is 6.07 Å². The number of benzene rings is 3. The zero-order valence-corrected chi connectivity index (χ0v) is 16.4. The number of hydrogen-bond acceptors (Lipinski definition) is 2. The van der Waals surface area contributed by atoms with Crippen LogP contribution in [0.25, 0.3) is 0 Å². The molecule has 1 fully saturated rings. The summed E-state index contributed by atoms with van der Waals surface area (Å²) in [6, 6.07) is 26.7. The van der Waals surface area contributed by atoms with Crippen LogP contribution >= 0.6 is 0 Å². The molecular weight excluding hydrogens is 363 g/mol. The highest BCUT2D eigenvalue weighted by molar-refractivity contribution is 5.87. The van der Waals surface area contributed by atoms with Gasteiger partial charge in [0, 0.05) is 32.7 Å². The highest BCUT2D eigenvalue weighted by Gasteiger charge is 2.29. The van der Waals surface area contributed by atoms with Crippen LogP contribution in [0.15, 0.2) is 84.9 Å². The molecule has 1 heterocycles. The van der Waals surface area contributed by atoms with E-state index in [0.717, 1.165) is 29.8 Å². The van der Waals surface area contributed by atoms with Crippen molar-refractivity contribution in [2.75, 3.05) is 26.2 Å². The van der Waals surface area contributed by atoms with Gasteiger partial charge >= 0.3 is 0 Å². The molecule has 148 valence electrons. The van der Waals surface area contributed by atoms with Gasteiger partial charge in [0.25, 0.3) is 0 Å². The number of amides is 1. The highest BCUT2D eigenvalue weighted by Crippen LogP contribution is 2.27. The standard InChI is InChI=1S/C25H25FN2O/c26-23-13-7-8-20(18-23)19-27-14-16-28(17-15-27)25(29)24(21-9-3-1-4-10-21)22-11-5-2-6-12-22/h1-13,18,24H,14-17,19H2. The van der Waals surface area contributed by atoms with E-state index in [1.54, 1.807) is 12.1 Å². The summed E-state index contributed by atoms with van der Waals surface area (Å²) >= 11 is 0. The molecule has 1 aliphatic rings. The van der Waals surface area contributed by atoms with Crippen molar-refractivity contribution in [3.05, 3.63) is 107 Å². The normalized spacial score (nSPS) is 14.9. The monoisotopic (exact) mass is 388 g/mol. The predicted molar refractivity (Wildman–Crippen MR) is 113 cm³/mol. The molecule has 0 spiro atoms. The van der Waals surface area contributed by atoms with Crippen LogP contribution < -0.4 is 0 Å². The van der Waals surface area contributed by atoms with E-state index >= 15 is 0 Å². The van der Waals surface area contributed by atoms with Crippen molar-refractivity contribution >= 4 is 5.91 Å². The molecule has 0 saturated carbocycles. The minimum absolute atomic E-state index is 0.146. The molecule has 1 aliphatic heterocycles. The van der Waals surface area contributed by atoms with Crippen molar-refractivity contribution in [1.29, 1.82) is 0 Å². The molecule has 29 heavy (non-hydrogen) atoms. The van der Waals surface area contributed by atoms with E-state index in [2.05, 4.69) is 4.90 Å². The molecule has 1 saturated heterocycles. The van der Waals surface area contributed by atoms with Crippen LogP contribution in [-0.2, 0) is 11.3 Å². The Morgan fingerprint density at radius 1 is 0.793 bits per heavy atom. The average Bonchev–Trinajstić information content (AvgIpc) is 2.76. The van der Waals surface area contributed by atoms with Crippen molar-refractivity contribution in [2.24, 2.45) is 0 Å². The van der Waals surface area contributed by atoms with Crippen LogP contribution in [0.1, 0.15) is 22.6 Å². The van der Waals surface area contributed by atoms with Crippen molar-refractivity contribution in [2.45, 2.75) is 12.5 Å². The second kappa shape index (κ2) is 9.01. The zero-order chi connectivity index (χ0) is 20.1. The Morgan fingerprint density at radius 2 is 1.38 bits per heavy atom. The van der Waals surface area contributed by atoms with Gasteiger partial charge in [-0.25, -0.2) is 4.39 Å². The minimum atomic E-state index is -0.285. The second-order valence-corrected chi connectivity index (χ2v) is 7.49. The molecule has 0 radical (unpaired) electrons. The molecule has 0 aromatic heterocycles. The van der Waals surface area contributed by atoms with E-state index in [4.69, 9.17) is 0 Å². The summed E-state index contributed by atoms with van der Waals surface area (Å²) in [6.45, 7) is 3.66. The van der Waals surface area contributed by atoms with Crippen molar-refractivity contribution in [3.63, 3.8) is 0 Å². The SMILES string of the molecule is O=C(C(c1ccccc1)c1ccccc1)N1CCN(Cc2cccc(F)c2)CC1. The molecule has 4 heteroatoms. The first-order valence-electron chi connectivity index (χ1n) is 10.1. The molecule has 1 amide bonds. The second-order valence-electron chi connectivity index (χ2n) is 7.49. The fourth-order valence-electron chi connectivity index (χ4n) is 3.97. The van der Waals surface area contributed by atoms with Crippen LogP contribution in [-0.4, -0.2) is 41.9 Å². The molecule has 0 bridgehead atoms. The van der Waals surface area contributed by atoms with Crippen molar-refractivity contribution in [1.82, 2.24) is 9.80 Å². The lowest BCUT2D eigenvalue weighted by atomic mass is 9.90. The number of carbonyl (C=O) groups is 1. The number of carbonyl (C=O) groups excluding carboxylic acids is 1. The molecule has 0 unspecified atom stereocenters. The molecule has 0 aliphatic carbocycles. The summed E-state index contributed by atoms with van der Waals surface area (Å²) < 4.78 is 13.4. The largest absolute Gasteiger partial charge is 0.339 e. The number of nitrogens with zero attached hydrogens (tertiary/aromatic N) is 2. The van der Waals surface area contributed by atoms with Gasteiger partial charge in [-0.1, -0.05) is 72.8 Å². The highest BCUT2D eigenvalue weighted by atomic mass is 19.1. The van der Waals surface area contributed by atoms with Gasteiger partial charge in [0.15, 0.2) is 0 Å². The van der Waals surface area contributed by atoms with E-state index in [1.807, 2.05) is 71.6 Å². The molecule has 4 rings (SSSR count). The Labute approximate surface area is 171 Å². The molecule has 0 atom stereocenters. The first kappa shape index (κ1) is 19.3. The van der Waals surface area contributed by atoms with Crippen LogP contribution in [0.4, 0.5) is 4.39 Å². The molecule has 0 N–H and O–H groups in total. The Kier molecular flexibility index (Phi) is 6.01. The van der Waals surface area contributed by atoms with Gasteiger partial charge in [-0.15, -0.1) is 0 Å². The third-order valence-corrected chi connectivity index (χ3v) is 5.49. The number of rotatable bonds is 5. The number of hydrogen-bond donors (Lipinski definition) is 0. The molecule has 3 aromatic rings. The van der Waals surface area contributed by atoms with E-state index in [-0.39, 0.29) is 17.6 Å². The maximum absolute atomic E-state index is 13.5. The quantitative estimate of drug-likeness (QED) is 0.651. The maximum Gasteiger partial charge on any atom is 0.234 e. The topological polar surface area (TPSA) is 23.6 Å². The van der Waals surface area contributed by atoms with Gasteiger partial charge in [-0.2, -0.15) is 0 Å². The summed E-state index contributed by atoms with van der Waals surface area (Å²) in [5, 5.41) is 0. The Hall–Kier alpha value is -2.98. The zero-order valence-electron chi connectivity index (χ0n) is 16.4. The summed E-state index contributed by atoms with van der Waals surface area (Å²) in [5.74, 6) is -0.343. The summed E-state index contributed by atoms with van der Waals surface area (Å²) in [7, 11) is 0. The third kappa shape index (κ3) is 4.72. The molecule has 3 aromatic carbocycles. The number of halogens is 1. The predicted octanol–water partition coefficient (Wildman–Crippen LogP) is 4.30. The maximum atomic E-state index is 13.5. The lowest BCUT2D eigenvalue weighted by molar-refractivity contribution is -0.133. The lowest BCUT2D eigenvalue weighted by Gasteiger charge is -2.36. The molecule has 3 nitrogen and oxygen atoms in total. The first-order valence-corrected chi connectivity index (χ1v) is 10.1. The fraction of sp³-hybridized carbons (Fsp3) is 0.240. The summed E-state index contributed by atoms with van der Waals surface area (Å²) in [6.07, 6.45) is 0. The average molecular weight is 388 g/mol. The summed E-state index contributed by atoms with van der Waals surface area (Å²) in [5.41, 5.74) is 3.01. The van der Waals surface area contributed by atoms with E-state index in [0.29, 0.717) is 19.6 Å². The van der Waals surface area contributed by atoms with Crippen LogP contribution in [0, 0.1) is 5.82 Å². The van der Waals surface area contributed by atoms with E-state index in [9.17, 15) is 9.18 Å². The van der Waals surface area contributed by atoms with Crippen LogP contribution in [0.5, 0.6) is 0 Å². The van der Waals surface area contributed by atoms with Crippen LogP contribution in [0.3, 0.4) is 0 Å². The van der Waals surface area contributed by atoms with Crippen LogP contribution in [0.2, 0.25) is 0 Å².